The number of ether oxygens (including phenoxy) is 3. The predicted molar refractivity (Wildman–Crippen MR) is 125 cm³/mol. The molecule has 0 bridgehead atoms. The lowest BCUT2D eigenvalue weighted by Gasteiger charge is -2.04. The molecular formula is C24H21BrO8. The zero-order valence-corrected chi connectivity index (χ0v) is 19.0. The maximum absolute atomic E-state index is 11.0. The van der Waals surface area contributed by atoms with E-state index >= 15 is 0 Å². The molecule has 2 atom stereocenters. The molecule has 8 nitrogen and oxygen atoms in total. The number of rotatable bonds is 4. The summed E-state index contributed by atoms with van der Waals surface area (Å²) in [7, 11) is 0. The SMILES string of the molecule is BrCC1CO1.O=c1ccc2ccc(O)cc2o1.O=c1ccc2ccc(OCC3CO3)cc2o1. The quantitative estimate of drug-likeness (QED) is 0.247. The number of phenolic OH excluding ortho intramolecular Hbond substituents is 1. The third-order valence-electron chi connectivity index (χ3n) is 4.61. The van der Waals surface area contributed by atoms with E-state index in [-0.39, 0.29) is 17.5 Å². The zero-order chi connectivity index (χ0) is 23.2. The van der Waals surface area contributed by atoms with E-state index < -0.39 is 5.63 Å². The molecule has 0 radical (unpaired) electrons. The van der Waals surface area contributed by atoms with Crippen LogP contribution in [0, 0.1) is 0 Å². The first-order chi connectivity index (χ1) is 16.0. The number of epoxide rings is 2. The molecule has 0 amide bonds. The van der Waals surface area contributed by atoms with E-state index in [9.17, 15) is 9.59 Å². The average molecular weight is 517 g/mol. The molecule has 4 aromatic rings. The Morgan fingerprint density at radius 2 is 1.36 bits per heavy atom. The summed E-state index contributed by atoms with van der Waals surface area (Å²) in [6.45, 7) is 2.27. The van der Waals surface area contributed by atoms with Crippen molar-refractivity contribution >= 4 is 37.9 Å². The highest BCUT2D eigenvalue weighted by Gasteiger charge is 2.23. The monoisotopic (exact) mass is 516 g/mol. The number of hydrogen-bond acceptors (Lipinski definition) is 8. The van der Waals surface area contributed by atoms with Crippen LogP contribution in [0.2, 0.25) is 0 Å². The van der Waals surface area contributed by atoms with Gasteiger partial charge in [-0.15, -0.1) is 0 Å². The number of hydrogen-bond donors (Lipinski definition) is 1. The molecule has 0 aliphatic carbocycles. The summed E-state index contributed by atoms with van der Waals surface area (Å²) < 4.78 is 25.2. The first-order valence-corrected chi connectivity index (χ1v) is 11.3. The number of fused-ring (bicyclic) bond motifs is 2. The minimum atomic E-state index is -0.409. The fourth-order valence-electron chi connectivity index (χ4n) is 2.69. The van der Waals surface area contributed by atoms with Crippen molar-refractivity contribution in [2.24, 2.45) is 0 Å². The van der Waals surface area contributed by atoms with Crippen LogP contribution in [0.4, 0.5) is 0 Å². The summed E-state index contributed by atoms with van der Waals surface area (Å²) in [4.78, 5) is 21.8. The molecule has 9 heteroatoms. The molecule has 0 saturated carbocycles. The Labute approximate surface area is 196 Å². The first kappa shape index (κ1) is 23.0. The lowest BCUT2D eigenvalue weighted by atomic mass is 10.2. The molecule has 2 aromatic carbocycles. The Hall–Kier alpha value is -3.14. The fourth-order valence-corrected chi connectivity index (χ4v) is 3.06. The summed E-state index contributed by atoms with van der Waals surface area (Å²) >= 11 is 3.25. The number of alkyl halides is 1. The summed E-state index contributed by atoms with van der Waals surface area (Å²) in [6, 6.07) is 16.2. The molecular weight excluding hydrogens is 496 g/mol. The smallest absolute Gasteiger partial charge is 0.336 e. The van der Waals surface area contributed by atoms with Crippen LogP contribution in [-0.4, -0.2) is 42.5 Å². The molecule has 0 spiro atoms. The van der Waals surface area contributed by atoms with Crippen LogP contribution in [0.3, 0.4) is 0 Å². The highest BCUT2D eigenvalue weighted by Crippen LogP contribution is 2.21. The Balaban J connectivity index is 0.000000134. The number of halogens is 1. The largest absolute Gasteiger partial charge is 0.508 e. The highest BCUT2D eigenvalue weighted by atomic mass is 79.9. The Bertz CT molecular complexity index is 1340. The molecule has 2 fully saturated rings. The molecule has 2 aliphatic heterocycles. The van der Waals surface area contributed by atoms with Gasteiger partial charge in [0.15, 0.2) is 0 Å². The standard InChI is InChI=1S/C12H10O4.C9H6O3.C3H5BrO/c13-12-4-2-8-1-3-9(5-11(8)16-12)14-6-10-7-15-10;10-7-3-1-6-2-4-9(11)12-8(6)5-7;4-1-3-2-5-3/h1-5,10H,6-7H2;1-5,10H;3H,1-2H2. The second-order valence-corrected chi connectivity index (χ2v) is 7.95. The topological polar surface area (TPSA) is 115 Å². The van der Waals surface area contributed by atoms with Crippen LogP contribution in [0.25, 0.3) is 21.9 Å². The third-order valence-corrected chi connectivity index (χ3v) is 5.34. The second kappa shape index (κ2) is 10.7. The molecule has 2 unspecified atom stereocenters. The van der Waals surface area contributed by atoms with E-state index in [1.807, 2.05) is 12.1 Å². The zero-order valence-electron chi connectivity index (χ0n) is 17.4. The minimum Gasteiger partial charge on any atom is -0.508 e. The lowest BCUT2D eigenvalue weighted by Crippen LogP contribution is -2.04. The Kier molecular flexibility index (Phi) is 7.43. The molecule has 2 aromatic heterocycles. The lowest BCUT2D eigenvalue weighted by molar-refractivity contribution is 0.263. The van der Waals surface area contributed by atoms with Crippen molar-refractivity contribution in [3.63, 3.8) is 0 Å². The van der Waals surface area contributed by atoms with Crippen LogP contribution in [0.5, 0.6) is 11.5 Å². The number of phenols is 1. The summed E-state index contributed by atoms with van der Waals surface area (Å²) in [6.07, 6.45) is 0.772. The molecule has 2 aliphatic rings. The molecule has 6 rings (SSSR count). The normalized spacial score (nSPS) is 18.0. The minimum absolute atomic E-state index is 0.0943. The van der Waals surface area contributed by atoms with Gasteiger partial charge in [-0.25, -0.2) is 9.59 Å². The van der Waals surface area contributed by atoms with Crippen LogP contribution >= 0.6 is 15.9 Å². The number of benzene rings is 2. The van der Waals surface area contributed by atoms with Crippen molar-refractivity contribution in [3.05, 3.63) is 81.5 Å². The van der Waals surface area contributed by atoms with Gasteiger partial charge >= 0.3 is 11.3 Å². The van der Waals surface area contributed by atoms with Crippen molar-refractivity contribution in [2.75, 3.05) is 25.2 Å². The highest BCUT2D eigenvalue weighted by molar-refractivity contribution is 9.09. The van der Waals surface area contributed by atoms with Crippen LogP contribution in [0.15, 0.2) is 79.1 Å². The first-order valence-electron chi connectivity index (χ1n) is 10.2. The van der Waals surface area contributed by atoms with Gasteiger partial charge in [-0.2, -0.15) is 0 Å². The van der Waals surface area contributed by atoms with E-state index in [2.05, 4.69) is 15.9 Å². The van der Waals surface area contributed by atoms with E-state index in [1.165, 1.54) is 18.2 Å². The maximum atomic E-state index is 11.0. The summed E-state index contributed by atoms with van der Waals surface area (Å²) in [5, 5.41) is 11.7. The third kappa shape index (κ3) is 7.18. The Morgan fingerprint density at radius 1 is 0.818 bits per heavy atom. The van der Waals surface area contributed by atoms with Crippen LogP contribution < -0.4 is 16.0 Å². The predicted octanol–water partition coefficient (Wildman–Crippen LogP) is 3.85. The maximum Gasteiger partial charge on any atom is 0.336 e. The number of aromatic hydroxyl groups is 1. The molecule has 1 N–H and O–H groups in total. The average Bonchev–Trinajstić information content (AvgIpc) is 3.72. The second-order valence-electron chi connectivity index (χ2n) is 7.31. The van der Waals surface area contributed by atoms with Gasteiger partial charge in [0.25, 0.3) is 0 Å². The Morgan fingerprint density at radius 3 is 1.91 bits per heavy atom. The van der Waals surface area contributed by atoms with Gasteiger partial charge in [-0.1, -0.05) is 15.9 Å². The van der Waals surface area contributed by atoms with Gasteiger partial charge in [0.2, 0.25) is 0 Å². The van der Waals surface area contributed by atoms with Gasteiger partial charge in [0.05, 0.1) is 19.3 Å². The van der Waals surface area contributed by atoms with Gasteiger partial charge in [-0.3, -0.25) is 0 Å². The van der Waals surface area contributed by atoms with Crippen molar-refractivity contribution in [1.29, 1.82) is 0 Å². The summed E-state index contributed by atoms with van der Waals surface area (Å²) in [5.74, 6) is 0.786. The van der Waals surface area contributed by atoms with E-state index in [0.717, 1.165) is 29.3 Å². The van der Waals surface area contributed by atoms with Gasteiger partial charge < -0.3 is 28.2 Å². The molecule has 4 heterocycles. The van der Waals surface area contributed by atoms with E-state index in [4.69, 9.17) is 28.2 Å². The van der Waals surface area contributed by atoms with Crippen molar-refractivity contribution in [2.45, 2.75) is 12.2 Å². The molecule has 2 saturated heterocycles. The van der Waals surface area contributed by atoms with Crippen molar-refractivity contribution < 1.29 is 28.2 Å². The van der Waals surface area contributed by atoms with Gasteiger partial charge in [-0.05, 0) is 36.4 Å². The van der Waals surface area contributed by atoms with Gasteiger partial charge in [0, 0.05) is 40.4 Å². The fraction of sp³-hybridized carbons (Fsp3) is 0.250. The van der Waals surface area contributed by atoms with E-state index in [0.29, 0.717) is 29.6 Å². The van der Waals surface area contributed by atoms with Crippen molar-refractivity contribution in [3.8, 4) is 11.5 Å². The van der Waals surface area contributed by atoms with Crippen molar-refractivity contribution in [1.82, 2.24) is 0 Å². The van der Waals surface area contributed by atoms with Crippen LogP contribution in [0.1, 0.15) is 0 Å². The summed E-state index contributed by atoms with van der Waals surface area (Å²) in [5.41, 5.74) is 0.187. The van der Waals surface area contributed by atoms with Gasteiger partial charge in [0.1, 0.15) is 35.4 Å². The van der Waals surface area contributed by atoms with Crippen LogP contribution in [-0.2, 0) is 9.47 Å². The molecule has 172 valence electrons. The molecule has 33 heavy (non-hydrogen) atoms. The van der Waals surface area contributed by atoms with E-state index in [1.54, 1.807) is 30.3 Å².